The molecule has 1 aromatic carbocycles. The van der Waals surface area contributed by atoms with Crippen LogP contribution in [0, 0.1) is 6.92 Å². The molecular formula is C20H20ClF3N4O. The second kappa shape index (κ2) is 8.82. The third-order valence-corrected chi connectivity index (χ3v) is 4.76. The number of carbonyl (C=O) groups is 1. The lowest BCUT2D eigenvalue weighted by atomic mass is 10.1. The Labute approximate surface area is 170 Å². The van der Waals surface area contributed by atoms with E-state index in [1.807, 2.05) is 19.2 Å². The molecule has 0 saturated heterocycles. The van der Waals surface area contributed by atoms with E-state index in [9.17, 15) is 18.0 Å². The lowest BCUT2D eigenvalue weighted by Crippen LogP contribution is -2.25. The van der Waals surface area contributed by atoms with Crippen LogP contribution in [-0.2, 0) is 23.8 Å². The van der Waals surface area contributed by atoms with Gasteiger partial charge in [0.2, 0.25) is 5.91 Å². The van der Waals surface area contributed by atoms with Crippen molar-refractivity contribution in [3.63, 3.8) is 0 Å². The molecule has 0 bridgehead atoms. The number of halogens is 4. The lowest BCUT2D eigenvalue weighted by Gasteiger charge is -2.11. The van der Waals surface area contributed by atoms with E-state index in [0.717, 1.165) is 35.8 Å². The minimum Gasteiger partial charge on any atom is -0.356 e. The first-order chi connectivity index (χ1) is 13.7. The quantitative estimate of drug-likeness (QED) is 0.572. The van der Waals surface area contributed by atoms with Crippen LogP contribution in [0.3, 0.4) is 0 Å². The first kappa shape index (κ1) is 21.1. The third-order valence-electron chi connectivity index (χ3n) is 4.43. The maximum absolute atomic E-state index is 12.9. The summed E-state index contributed by atoms with van der Waals surface area (Å²) in [5.41, 5.74) is 2.23. The van der Waals surface area contributed by atoms with Crippen LogP contribution in [0.25, 0.3) is 5.65 Å². The number of hydrogen-bond acceptors (Lipinski definition) is 3. The Morgan fingerprint density at radius 1 is 1.21 bits per heavy atom. The normalized spacial score (nSPS) is 11.8. The average molecular weight is 425 g/mol. The van der Waals surface area contributed by atoms with Gasteiger partial charge in [-0.1, -0.05) is 17.7 Å². The van der Waals surface area contributed by atoms with E-state index in [2.05, 4.69) is 15.4 Å². The average Bonchev–Trinajstić information content (AvgIpc) is 3.03. The number of carbonyl (C=O) groups excluding carboxylic acids is 1. The van der Waals surface area contributed by atoms with Gasteiger partial charge in [0, 0.05) is 31.4 Å². The summed E-state index contributed by atoms with van der Waals surface area (Å²) in [5, 5.41) is 6.76. The minimum absolute atomic E-state index is 0.110. The number of amides is 1. The smallest absolute Gasteiger partial charge is 0.356 e. The van der Waals surface area contributed by atoms with Gasteiger partial charge in [-0.25, -0.2) is 9.50 Å². The van der Waals surface area contributed by atoms with Crippen molar-refractivity contribution in [2.75, 3.05) is 6.54 Å². The molecule has 1 amide bonds. The molecule has 0 atom stereocenters. The summed E-state index contributed by atoms with van der Waals surface area (Å²) in [7, 11) is 0. The van der Waals surface area contributed by atoms with E-state index in [-0.39, 0.29) is 23.8 Å². The van der Waals surface area contributed by atoms with E-state index in [4.69, 9.17) is 11.6 Å². The van der Waals surface area contributed by atoms with Crippen molar-refractivity contribution >= 4 is 23.2 Å². The van der Waals surface area contributed by atoms with E-state index in [1.54, 1.807) is 10.7 Å². The van der Waals surface area contributed by atoms with E-state index in [1.165, 1.54) is 12.1 Å². The Balaban J connectivity index is 1.43. The summed E-state index contributed by atoms with van der Waals surface area (Å²) < 4.78 is 40.4. The summed E-state index contributed by atoms with van der Waals surface area (Å²) in [6.45, 7) is 2.38. The predicted molar refractivity (Wildman–Crippen MR) is 104 cm³/mol. The Hall–Kier alpha value is -2.61. The van der Waals surface area contributed by atoms with Crippen molar-refractivity contribution in [1.82, 2.24) is 19.9 Å². The molecule has 154 valence electrons. The number of aromatic nitrogens is 3. The number of hydrogen-bond donors (Lipinski definition) is 1. The van der Waals surface area contributed by atoms with Gasteiger partial charge in [0.05, 0.1) is 16.3 Å². The van der Waals surface area contributed by atoms with Crippen LogP contribution in [0.15, 0.2) is 36.7 Å². The zero-order valence-corrected chi connectivity index (χ0v) is 16.5. The lowest BCUT2D eigenvalue weighted by molar-refractivity contribution is -0.137. The highest BCUT2D eigenvalue weighted by Crippen LogP contribution is 2.35. The molecule has 2 aromatic heterocycles. The predicted octanol–water partition coefficient (Wildman–Crippen LogP) is 4.39. The Morgan fingerprint density at radius 3 is 2.76 bits per heavy atom. The monoisotopic (exact) mass is 424 g/mol. The molecule has 0 spiro atoms. The van der Waals surface area contributed by atoms with E-state index in [0.29, 0.717) is 12.1 Å². The molecule has 29 heavy (non-hydrogen) atoms. The molecular weight excluding hydrogens is 405 g/mol. The SMILES string of the molecule is Cc1cc2ncc(CCCNC(=O)CCc3ccc(Cl)c(C(F)(F)F)c3)cn2n1. The molecule has 0 fully saturated rings. The second-order valence-corrected chi connectivity index (χ2v) is 7.22. The van der Waals surface area contributed by atoms with Gasteiger partial charge in [0.25, 0.3) is 0 Å². The Morgan fingerprint density at radius 2 is 2.00 bits per heavy atom. The highest BCUT2D eigenvalue weighted by Gasteiger charge is 2.33. The van der Waals surface area contributed by atoms with E-state index < -0.39 is 11.7 Å². The van der Waals surface area contributed by atoms with Crippen molar-refractivity contribution in [3.8, 4) is 0 Å². The summed E-state index contributed by atoms with van der Waals surface area (Å²) in [4.78, 5) is 16.3. The van der Waals surface area contributed by atoms with Gasteiger partial charge in [-0.05, 0) is 49.4 Å². The van der Waals surface area contributed by atoms with Crippen LogP contribution in [0.2, 0.25) is 5.02 Å². The maximum Gasteiger partial charge on any atom is 0.417 e. The minimum atomic E-state index is -4.51. The summed E-state index contributed by atoms with van der Waals surface area (Å²) in [6.07, 6.45) is 0.964. The van der Waals surface area contributed by atoms with Gasteiger partial charge in [-0.15, -0.1) is 0 Å². The Bertz CT molecular complexity index is 1020. The first-order valence-electron chi connectivity index (χ1n) is 9.15. The van der Waals surface area contributed by atoms with Crippen LogP contribution in [0.1, 0.15) is 35.2 Å². The number of aryl methyl sites for hydroxylation is 3. The van der Waals surface area contributed by atoms with Crippen molar-refractivity contribution in [3.05, 3.63) is 64.1 Å². The van der Waals surface area contributed by atoms with Crippen LogP contribution in [-0.4, -0.2) is 27.0 Å². The van der Waals surface area contributed by atoms with E-state index >= 15 is 0 Å². The molecule has 0 aliphatic carbocycles. The van der Waals surface area contributed by atoms with Gasteiger partial charge in [-0.3, -0.25) is 4.79 Å². The molecule has 0 aliphatic rings. The largest absolute Gasteiger partial charge is 0.417 e. The molecule has 3 aromatic rings. The number of fused-ring (bicyclic) bond motifs is 1. The number of nitrogens with one attached hydrogen (secondary N) is 1. The summed E-state index contributed by atoms with van der Waals surface area (Å²) in [6, 6.07) is 5.60. The summed E-state index contributed by atoms with van der Waals surface area (Å²) in [5.74, 6) is -0.204. The number of benzene rings is 1. The highest BCUT2D eigenvalue weighted by molar-refractivity contribution is 6.31. The fourth-order valence-corrected chi connectivity index (χ4v) is 3.20. The first-order valence-corrected chi connectivity index (χ1v) is 9.53. The fraction of sp³-hybridized carbons (Fsp3) is 0.350. The molecule has 0 aliphatic heterocycles. The van der Waals surface area contributed by atoms with Crippen molar-refractivity contribution in [1.29, 1.82) is 0 Å². The van der Waals surface area contributed by atoms with Crippen molar-refractivity contribution in [2.45, 2.75) is 38.8 Å². The van der Waals surface area contributed by atoms with Gasteiger partial charge in [0.15, 0.2) is 5.65 Å². The number of rotatable bonds is 7. The van der Waals surface area contributed by atoms with Gasteiger partial charge in [0.1, 0.15) is 0 Å². The number of nitrogens with zero attached hydrogens (tertiary/aromatic N) is 3. The maximum atomic E-state index is 12.9. The molecule has 3 rings (SSSR count). The standard InChI is InChI=1S/C20H20ClF3N4O/c1-13-9-18-26-11-15(12-28(18)27-13)3-2-8-25-19(29)7-5-14-4-6-17(21)16(10-14)20(22,23)24/h4,6,9-12H,2-3,5,7-8H2,1H3,(H,25,29). The van der Waals surface area contributed by atoms with Crippen LogP contribution in [0.4, 0.5) is 13.2 Å². The Kier molecular flexibility index (Phi) is 6.42. The number of alkyl halides is 3. The second-order valence-electron chi connectivity index (χ2n) is 6.82. The van der Waals surface area contributed by atoms with Crippen molar-refractivity contribution in [2.24, 2.45) is 0 Å². The molecule has 1 N–H and O–H groups in total. The van der Waals surface area contributed by atoms with Crippen molar-refractivity contribution < 1.29 is 18.0 Å². The molecule has 0 radical (unpaired) electrons. The zero-order valence-electron chi connectivity index (χ0n) is 15.8. The van der Waals surface area contributed by atoms with Gasteiger partial charge in [-0.2, -0.15) is 18.3 Å². The van der Waals surface area contributed by atoms with Gasteiger partial charge < -0.3 is 5.32 Å². The molecule has 5 nitrogen and oxygen atoms in total. The fourth-order valence-electron chi connectivity index (χ4n) is 2.97. The third kappa shape index (κ3) is 5.69. The van der Waals surface area contributed by atoms with Crippen LogP contribution in [0.5, 0.6) is 0 Å². The molecule has 0 saturated carbocycles. The molecule has 2 heterocycles. The highest BCUT2D eigenvalue weighted by atomic mass is 35.5. The molecule has 9 heteroatoms. The van der Waals surface area contributed by atoms with Crippen LogP contribution < -0.4 is 5.32 Å². The zero-order chi connectivity index (χ0) is 21.0. The summed E-state index contributed by atoms with van der Waals surface area (Å²) >= 11 is 5.60. The topological polar surface area (TPSA) is 59.3 Å². The van der Waals surface area contributed by atoms with Crippen LogP contribution >= 0.6 is 11.6 Å². The molecule has 0 unspecified atom stereocenters. The van der Waals surface area contributed by atoms with Gasteiger partial charge >= 0.3 is 6.18 Å².